The van der Waals surface area contributed by atoms with Gasteiger partial charge >= 0.3 is 5.97 Å². The van der Waals surface area contributed by atoms with Crippen LogP contribution in [0, 0.1) is 0 Å². The van der Waals surface area contributed by atoms with Gasteiger partial charge in [-0.1, -0.05) is 39.1 Å². The van der Waals surface area contributed by atoms with Gasteiger partial charge < -0.3 is 13.6 Å². The van der Waals surface area contributed by atoms with Crippen LogP contribution in [0.1, 0.15) is 36.2 Å². The summed E-state index contributed by atoms with van der Waals surface area (Å²) < 4.78 is 17.0. The molecule has 0 N–H and O–H groups in total. The number of benzene rings is 1. The van der Waals surface area contributed by atoms with Crippen LogP contribution in [-0.4, -0.2) is 44.3 Å². The van der Waals surface area contributed by atoms with Crippen LogP contribution >= 0.6 is 11.6 Å². The van der Waals surface area contributed by atoms with Gasteiger partial charge in [-0.25, -0.2) is 4.79 Å². The third kappa shape index (κ3) is 6.04. The highest BCUT2D eigenvalue weighted by molar-refractivity contribution is 6.26. The smallest absolute Gasteiger partial charge is 0.338 e. The van der Waals surface area contributed by atoms with E-state index < -0.39 is 19.5 Å². The summed E-state index contributed by atoms with van der Waals surface area (Å²) in [5.41, 5.74) is 1.24. The van der Waals surface area contributed by atoms with E-state index in [0.717, 1.165) is 5.56 Å². The molecule has 130 valence electrons. The Morgan fingerprint density at radius 1 is 1.26 bits per heavy atom. The summed E-state index contributed by atoms with van der Waals surface area (Å²) in [4.78, 5) is 12.1. The molecule has 0 aliphatic heterocycles. The van der Waals surface area contributed by atoms with E-state index in [0.29, 0.717) is 24.5 Å². The molecule has 0 spiro atoms. The van der Waals surface area contributed by atoms with Crippen LogP contribution in [0.4, 0.5) is 0 Å². The zero-order chi connectivity index (χ0) is 17.3. The number of esters is 1. The van der Waals surface area contributed by atoms with Gasteiger partial charge in [0, 0.05) is 11.3 Å². The molecular weight excluding hydrogens is 348 g/mol. The number of halogens is 1. The van der Waals surface area contributed by atoms with Crippen LogP contribution in [0.3, 0.4) is 0 Å². The molecule has 0 saturated heterocycles. The van der Waals surface area contributed by atoms with E-state index in [9.17, 15) is 4.79 Å². The van der Waals surface area contributed by atoms with E-state index in [2.05, 4.69) is 26.9 Å². The second-order valence-corrected chi connectivity index (χ2v) is 7.92. The van der Waals surface area contributed by atoms with Gasteiger partial charge in [0.1, 0.15) is 6.29 Å². The molecule has 0 aliphatic carbocycles. The van der Waals surface area contributed by atoms with Crippen LogP contribution in [0.25, 0.3) is 0 Å². The summed E-state index contributed by atoms with van der Waals surface area (Å²) in [6.07, 6.45) is 0.406. The number of rotatable bonds is 10. The number of hydrogen-bond donors (Lipinski definition) is 0. The normalized spacial score (nSPS) is 14.0. The molecule has 0 unspecified atom stereocenters. The van der Waals surface area contributed by atoms with Crippen molar-refractivity contribution in [2.24, 2.45) is 0 Å². The van der Waals surface area contributed by atoms with Crippen LogP contribution in [0.15, 0.2) is 24.3 Å². The van der Waals surface area contributed by atoms with Crippen molar-refractivity contribution < 1.29 is 18.4 Å². The maximum Gasteiger partial charge on any atom is 0.338 e. The van der Waals surface area contributed by atoms with Crippen molar-refractivity contribution in [3.63, 3.8) is 0 Å². The van der Waals surface area contributed by atoms with Crippen molar-refractivity contribution in [1.29, 1.82) is 0 Å². The van der Waals surface area contributed by atoms with Gasteiger partial charge in [0.2, 0.25) is 0 Å². The quantitative estimate of drug-likeness (QED) is 0.207. The molecule has 23 heavy (non-hydrogen) atoms. The predicted molar refractivity (Wildman–Crippen MR) is 99.9 cm³/mol. The van der Waals surface area contributed by atoms with Crippen LogP contribution in [0.2, 0.25) is 13.1 Å². The van der Waals surface area contributed by atoms with Crippen LogP contribution in [-0.2, 0) is 19.0 Å². The van der Waals surface area contributed by atoms with Gasteiger partial charge in [-0.15, -0.1) is 11.6 Å². The number of hydrogen-bond acceptors (Lipinski definition) is 4. The molecule has 7 heteroatoms. The molecule has 0 atom stereocenters. The fourth-order valence-corrected chi connectivity index (χ4v) is 4.19. The fraction of sp³-hybridized carbons (Fsp3) is 0.562. The lowest BCUT2D eigenvalue weighted by atomic mass is 9.83. The van der Waals surface area contributed by atoms with Crippen molar-refractivity contribution in [1.82, 2.24) is 0 Å². The van der Waals surface area contributed by atoms with Crippen molar-refractivity contribution in [2.75, 3.05) is 12.5 Å². The maximum absolute atomic E-state index is 12.1. The molecule has 0 aromatic heterocycles. The summed E-state index contributed by atoms with van der Waals surface area (Å²) in [6.45, 7) is 8.70. The zero-order valence-corrected chi connectivity index (χ0v) is 18.0. The SMILES string of the molecule is C[SiH2]OC(O[SiH2]C)C(C)(C)c1cccc(C(=O)OCCCCl)c1. The first-order valence-electron chi connectivity index (χ1n) is 8.04. The van der Waals surface area contributed by atoms with E-state index >= 15 is 0 Å². The minimum Gasteiger partial charge on any atom is -0.462 e. The Morgan fingerprint density at radius 3 is 2.48 bits per heavy atom. The summed E-state index contributed by atoms with van der Waals surface area (Å²) in [5, 5.41) is 0. The molecule has 0 fully saturated rings. The number of alkyl halides is 1. The molecule has 1 aromatic carbocycles. The summed E-state index contributed by atoms with van der Waals surface area (Å²) in [6, 6.07) is 7.52. The Bertz CT molecular complexity index is 491. The van der Waals surface area contributed by atoms with Crippen molar-refractivity contribution in [3.05, 3.63) is 35.4 Å². The highest BCUT2D eigenvalue weighted by Crippen LogP contribution is 2.30. The average molecular weight is 375 g/mol. The van der Waals surface area contributed by atoms with E-state index in [4.69, 9.17) is 25.2 Å². The minimum absolute atomic E-state index is 0.252. The Morgan fingerprint density at radius 2 is 1.91 bits per heavy atom. The minimum atomic E-state index is -0.585. The van der Waals surface area contributed by atoms with E-state index in [1.807, 2.05) is 18.2 Å². The first kappa shape index (κ1) is 20.4. The number of carbonyl (C=O) groups excluding carboxylic acids is 1. The zero-order valence-electron chi connectivity index (χ0n) is 14.4. The molecule has 0 amide bonds. The fourth-order valence-electron chi connectivity index (χ4n) is 2.25. The summed E-state index contributed by atoms with van der Waals surface area (Å²) in [7, 11) is -1.17. The standard InChI is InChI=1S/C16H27ClO4Si2/c1-16(2,15(20-22-3)21-23-4)13-8-5-7-12(11-13)14(18)19-10-6-9-17/h5,7-8,11,15H,6,9-10,22-23H2,1-4H3. The van der Waals surface area contributed by atoms with Gasteiger partial charge in [-0.2, -0.15) is 0 Å². The molecule has 0 bridgehead atoms. The maximum atomic E-state index is 12.1. The second-order valence-electron chi connectivity index (χ2n) is 5.72. The van der Waals surface area contributed by atoms with Crippen molar-refractivity contribution >= 4 is 37.1 Å². The van der Waals surface area contributed by atoms with Crippen LogP contribution < -0.4 is 0 Å². The molecule has 0 saturated carbocycles. The predicted octanol–water partition coefficient (Wildman–Crippen LogP) is 2.37. The van der Waals surface area contributed by atoms with E-state index in [-0.39, 0.29) is 17.7 Å². The molecule has 0 radical (unpaired) electrons. The third-order valence-corrected chi connectivity index (χ3v) is 5.12. The molecule has 1 aromatic rings. The lowest BCUT2D eigenvalue weighted by Crippen LogP contribution is -2.39. The first-order chi connectivity index (χ1) is 11.0. The molecular formula is C16H27ClO4Si2. The van der Waals surface area contributed by atoms with Gasteiger partial charge in [-0.05, 0) is 24.1 Å². The Hall–Kier alpha value is -0.666. The lowest BCUT2D eigenvalue weighted by Gasteiger charge is -2.35. The molecule has 4 nitrogen and oxygen atoms in total. The molecule has 0 heterocycles. The largest absolute Gasteiger partial charge is 0.462 e. The van der Waals surface area contributed by atoms with Gasteiger partial charge in [0.05, 0.1) is 12.2 Å². The number of carbonyl (C=O) groups is 1. The lowest BCUT2D eigenvalue weighted by molar-refractivity contribution is -0.0433. The van der Waals surface area contributed by atoms with Gasteiger partial charge in [0.25, 0.3) is 0 Å². The van der Waals surface area contributed by atoms with E-state index in [1.54, 1.807) is 6.07 Å². The Kier molecular flexibility index (Phi) is 9.08. The van der Waals surface area contributed by atoms with Crippen molar-refractivity contribution in [2.45, 2.75) is 45.1 Å². The Labute approximate surface area is 148 Å². The van der Waals surface area contributed by atoms with E-state index in [1.165, 1.54) is 0 Å². The highest BCUT2D eigenvalue weighted by Gasteiger charge is 2.32. The Balaban J connectivity index is 2.94. The monoisotopic (exact) mass is 374 g/mol. The highest BCUT2D eigenvalue weighted by atomic mass is 35.5. The summed E-state index contributed by atoms with van der Waals surface area (Å²) >= 11 is 5.60. The molecule has 0 aliphatic rings. The molecule has 1 rings (SSSR count). The topological polar surface area (TPSA) is 44.8 Å². The first-order valence-corrected chi connectivity index (χ1v) is 12.6. The summed E-state index contributed by atoms with van der Waals surface area (Å²) in [5.74, 6) is 0.166. The number of ether oxygens (including phenoxy) is 1. The second kappa shape index (κ2) is 10.3. The van der Waals surface area contributed by atoms with Crippen LogP contribution in [0.5, 0.6) is 0 Å². The van der Waals surface area contributed by atoms with Gasteiger partial charge in [0.15, 0.2) is 19.5 Å². The third-order valence-electron chi connectivity index (χ3n) is 3.58. The van der Waals surface area contributed by atoms with Crippen molar-refractivity contribution in [3.8, 4) is 0 Å². The average Bonchev–Trinajstić information content (AvgIpc) is 2.55. The van der Waals surface area contributed by atoms with Gasteiger partial charge in [-0.3, -0.25) is 0 Å².